The summed E-state index contributed by atoms with van der Waals surface area (Å²) < 4.78 is 4.57. The van der Waals surface area contributed by atoms with E-state index in [0.29, 0.717) is 11.3 Å². The number of rotatable bonds is 5. The van der Waals surface area contributed by atoms with Gasteiger partial charge in [-0.05, 0) is 19.9 Å². The van der Waals surface area contributed by atoms with Crippen molar-refractivity contribution in [1.29, 1.82) is 0 Å². The van der Waals surface area contributed by atoms with Gasteiger partial charge in [-0.2, -0.15) is 0 Å². The molecule has 0 atom stereocenters. The van der Waals surface area contributed by atoms with Crippen molar-refractivity contribution in [1.82, 2.24) is 0 Å². The molecule has 0 aliphatic carbocycles. The van der Waals surface area contributed by atoms with Crippen molar-refractivity contribution in [2.75, 3.05) is 13.7 Å². The average molecular weight is 209 g/mol. The van der Waals surface area contributed by atoms with Crippen LogP contribution in [0, 0.1) is 0 Å². The predicted octanol–water partition coefficient (Wildman–Crippen LogP) is 1.32. The molecule has 0 aliphatic rings. The first kappa shape index (κ1) is 13.3. The molecule has 82 valence electrons. The Kier molecular flexibility index (Phi) is 5.94. The normalized spacial score (nSPS) is 12.2. The van der Waals surface area contributed by atoms with E-state index < -0.39 is 5.97 Å². The first-order valence-corrected chi connectivity index (χ1v) is 4.44. The van der Waals surface area contributed by atoms with E-state index >= 15 is 0 Å². The fourth-order valence-electron chi connectivity index (χ4n) is 0.879. The van der Waals surface area contributed by atoms with Crippen LogP contribution < -0.4 is 0 Å². The highest BCUT2D eigenvalue weighted by atomic mass is 16.5. The number of nitrogens with zero attached hydrogens (tertiary/aromatic N) is 1. The van der Waals surface area contributed by atoms with Crippen LogP contribution in [0.3, 0.4) is 0 Å². The summed E-state index contributed by atoms with van der Waals surface area (Å²) in [4.78, 5) is 26.0. The number of ketones is 1. The number of hydrogen-bond acceptors (Lipinski definition) is 4. The number of ether oxygens (including phenoxy) is 1. The summed E-state index contributed by atoms with van der Waals surface area (Å²) in [6.45, 7) is 6.64. The summed E-state index contributed by atoms with van der Waals surface area (Å²) in [5.74, 6) is -0.545. The lowest BCUT2D eigenvalue weighted by Gasteiger charge is -2.03. The number of esters is 1. The lowest BCUT2D eigenvalue weighted by Crippen LogP contribution is -2.13. The van der Waals surface area contributed by atoms with Crippen molar-refractivity contribution in [2.24, 2.45) is 4.99 Å². The fraction of sp³-hybridized carbons (Fsp3) is 0.364. The number of carbonyl (C=O) groups is 2. The molecule has 0 aliphatic heterocycles. The molecule has 0 aromatic heterocycles. The number of allylic oxidation sites excluding steroid dienone is 2. The molecule has 0 spiro atoms. The van der Waals surface area contributed by atoms with Crippen LogP contribution in [-0.2, 0) is 14.3 Å². The smallest absolute Gasteiger partial charge is 0.339 e. The predicted molar refractivity (Wildman–Crippen MR) is 59.0 cm³/mol. The van der Waals surface area contributed by atoms with Crippen LogP contribution >= 0.6 is 0 Å². The van der Waals surface area contributed by atoms with Crippen molar-refractivity contribution in [3.05, 3.63) is 24.3 Å². The number of aliphatic imine (C=N–C) groups is 1. The Bertz CT molecular complexity index is 327. The zero-order chi connectivity index (χ0) is 11.8. The molecule has 0 aromatic carbocycles. The summed E-state index contributed by atoms with van der Waals surface area (Å²) in [6, 6.07) is 0. The minimum absolute atomic E-state index is 0.0582. The molecule has 15 heavy (non-hydrogen) atoms. The Morgan fingerprint density at radius 3 is 2.40 bits per heavy atom. The lowest BCUT2D eigenvalue weighted by molar-refractivity contribution is -0.135. The van der Waals surface area contributed by atoms with Gasteiger partial charge >= 0.3 is 5.97 Å². The van der Waals surface area contributed by atoms with Crippen LogP contribution in [0.2, 0.25) is 0 Å². The monoisotopic (exact) mass is 209 g/mol. The second-order valence-corrected chi connectivity index (χ2v) is 2.91. The van der Waals surface area contributed by atoms with Gasteiger partial charge < -0.3 is 4.74 Å². The molecule has 0 rings (SSSR count). The van der Waals surface area contributed by atoms with Crippen LogP contribution in [0.5, 0.6) is 0 Å². The van der Waals surface area contributed by atoms with E-state index in [0.717, 1.165) is 0 Å². The highest BCUT2D eigenvalue weighted by molar-refractivity contribution is 6.19. The van der Waals surface area contributed by atoms with Gasteiger partial charge in [-0.1, -0.05) is 12.7 Å². The number of Topliss-reactive ketones (excluding diaryl/α,β-unsaturated/α-hetero) is 1. The molecule has 4 heteroatoms. The molecular formula is C11H15NO3. The molecular weight excluding hydrogens is 194 g/mol. The third-order valence-electron chi connectivity index (χ3n) is 1.62. The van der Waals surface area contributed by atoms with E-state index in [-0.39, 0.29) is 12.3 Å². The molecule has 0 fully saturated rings. The lowest BCUT2D eigenvalue weighted by atomic mass is 10.1. The minimum Gasteiger partial charge on any atom is -0.465 e. The van der Waals surface area contributed by atoms with Gasteiger partial charge in [0.25, 0.3) is 0 Å². The third kappa shape index (κ3) is 4.90. The summed E-state index contributed by atoms with van der Waals surface area (Å²) >= 11 is 0. The number of methoxy groups -OCH3 is 1. The molecule has 0 bridgehead atoms. The standard InChI is InChI=1S/C11H15NO3/c1-5-6-10(11(14)15-4)9(3)12-7-8(2)13/h5-6H,1,7H2,2-4H3/b10-6+,12-9?. The Hall–Kier alpha value is -1.71. The SMILES string of the molecule is C=C/C=C(/C(=O)OC)C(C)=NCC(C)=O. The maximum Gasteiger partial charge on any atom is 0.339 e. The average Bonchev–Trinajstić information content (AvgIpc) is 2.21. The Labute approximate surface area is 89.3 Å². The van der Waals surface area contributed by atoms with Crippen LogP contribution in [-0.4, -0.2) is 31.1 Å². The topological polar surface area (TPSA) is 55.7 Å². The fourth-order valence-corrected chi connectivity index (χ4v) is 0.879. The second kappa shape index (κ2) is 6.70. The van der Waals surface area contributed by atoms with Crippen molar-refractivity contribution in [2.45, 2.75) is 13.8 Å². The van der Waals surface area contributed by atoms with Crippen molar-refractivity contribution < 1.29 is 14.3 Å². The van der Waals surface area contributed by atoms with Crippen molar-refractivity contribution in [3.63, 3.8) is 0 Å². The van der Waals surface area contributed by atoms with E-state index in [1.165, 1.54) is 26.2 Å². The van der Waals surface area contributed by atoms with Gasteiger partial charge in [-0.25, -0.2) is 4.79 Å². The Balaban J connectivity index is 4.86. The quantitative estimate of drug-likeness (QED) is 0.297. The molecule has 4 nitrogen and oxygen atoms in total. The van der Waals surface area contributed by atoms with Gasteiger partial charge in [0, 0.05) is 5.71 Å². The van der Waals surface area contributed by atoms with Crippen molar-refractivity contribution >= 4 is 17.5 Å². The van der Waals surface area contributed by atoms with Crippen LogP contribution in [0.4, 0.5) is 0 Å². The first-order chi connectivity index (χ1) is 7.02. The maximum absolute atomic E-state index is 11.3. The Morgan fingerprint density at radius 2 is 2.00 bits per heavy atom. The van der Waals surface area contributed by atoms with Gasteiger partial charge in [0.15, 0.2) is 5.78 Å². The van der Waals surface area contributed by atoms with Crippen LogP contribution in [0.25, 0.3) is 0 Å². The van der Waals surface area contributed by atoms with Gasteiger partial charge in [-0.3, -0.25) is 9.79 Å². The highest BCUT2D eigenvalue weighted by Gasteiger charge is 2.11. The number of hydrogen-bond donors (Lipinski definition) is 0. The largest absolute Gasteiger partial charge is 0.465 e. The Morgan fingerprint density at radius 1 is 1.40 bits per heavy atom. The molecule has 0 radical (unpaired) electrons. The van der Waals surface area contributed by atoms with Gasteiger partial charge in [0.05, 0.1) is 19.2 Å². The van der Waals surface area contributed by atoms with E-state index in [2.05, 4.69) is 16.3 Å². The van der Waals surface area contributed by atoms with E-state index in [4.69, 9.17) is 0 Å². The maximum atomic E-state index is 11.3. The van der Waals surface area contributed by atoms with E-state index in [9.17, 15) is 9.59 Å². The van der Waals surface area contributed by atoms with Gasteiger partial charge in [0.2, 0.25) is 0 Å². The summed E-state index contributed by atoms with van der Waals surface area (Å²) in [5, 5.41) is 0. The number of carbonyl (C=O) groups excluding carboxylic acids is 2. The summed E-state index contributed by atoms with van der Waals surface area (Å²) in [5.41, 5.74) is 0.783. The van der Waals surface area contributed by atoms with E-state index in [1.54, 1.807) is 6.92 Å². The molecule has 0 aromatic rings. The minimum atomic E-state index is -0.486. The molecule has 0 heterocycles. The third-order valence-corrected chi connectivity index (χ3v) is 1.62. The molecule has 0 amide bonds. The van der Waals surface area contributed by atoms with Crippen molar-refractivity contribution in [3.8, 4) is 0 Å². The zero-order valence-corrected chi connectivity index (χ0v) is 9.24. The molecule has 0 saturated heterocycles. The molecule has 0 unspecified atom stereocenters. The second-order valence-electron chi connectivity index (χ2n) is 2.91. The molecule has 0 N–H and O–H groups in total. The van der Waals surface area contributed by atoms with Crippen LogP contribution in [0.15, 0.2) is 29.3 Å². The van der Waals surface area contributed by atoms with Gasteiger partial charge in [0.1, 0.15) is 0 Å². The summed E-state index contributed by atoms with van der Waals surface area (Å²) in [6.07, 6.45) is 2.98. The summed E-state index contributed by atoms with van der Waals surface area (Å²) in [7, 11) is 1.29. The van der Waals surface area contributed by atoms with Crippen LogP contribution in [0.1, 0.15) is 13.8 Å². The van der Waals surface area contributed by atoms with E-state index in [1.807, 2.05) is 0 Å². The zero-order valence-electron chi connectivity index (χ0n) is 9.24. The highest BCUT2D eigenvalue weighted by Crippen LogP contribution is 2.02. The molecule has 0 saturated carbocycles. The first-order valence-electron chi connectivity index (χ1n) is 4.44. The van der Waals surface area contributed by atoms with Gasteiger partial charge in [-0.15, -0.1) is 0 Å².